The smallest absolute Gasteiger partial charge is 0.0267 e. The Balaban J connectivity index is -0.000000107. The van der Waals surface area contributed by atoms with Gasteiger partial charge in [-0.1, -0.05) is 71.9 Å². The number of benzene rings is 1. The van der Waals surface area contributed by atoms with Crippen molar-refractivity contribution < 1.29 is 32.7 Å². The molecule has 2 heteroatoms. The monoisotopic (exact) mass is 401 g/mol. The summed E-state index contributed by atoms with van der Waals surface area (Å²) in [4.78, 5) is 3.78. The molecule has 24 heavy (non-hydrogen) atoms. The number of hydrogen-bond donors (Lipinski definition) is 0. The van der Waals surface area contributed by atoms with Gasteiger partial charge in [0, 0.05) is 45.1 Å². The van der Waals surface area contributed by atoms with E-state index in [9.17, 15) is 0 Å². The Hall–Kier alpha value is -1.05. The summed E-state index contributed by atoms with van der Waals surface area (Å²) in [5, 5.41) is 0. The van der Waals surface area contributed by atoms with Crippen molar-refractivity contribution in [3.8, 4) is 0 Å². The van der Waals surface area contributed by atoms with Gasteiger partial charge < -0.3 is 0 Å². The molecule has 0 fully saturated rings. The molecule has 1 heterocycles. The molecule has 0 bridgehead atoms. The standard InChI is InChI=1S/C6H5.C5H5N.C5H6.3C2H6.Y/c2*1-2-4-6-5-3-1;1-2-4-5-3-1;3*1-2;/h2*1-5H;1-4H,5H2;3*1-2H3;/q-1;;;;;;. The van der Waals surface area contributed by atoms with E-state index in [2.05, 4.69) is 35.4 Å². The van der Waals surface area contributed by atoms with Crippen LogP contribution in [0.4, 0.5) is 0 Å². The number of allylic oxidation sites excluding steroid dienone is 4. The van der Waals surface area contributed by atoms with Crippen molar-refractivity contribution in [3.05, 3.63) is 91.3 Å². The van der Waals surface area contributed by atoms with Crippen LogP contribution in [0.2, 0.25) is 0 Å². The minimum Gasteiger partial charge on any atom is -0.265 e. The molecule has 0 amide bonds. The van der Waals surface area contributed by atoms with Crippen LogP contribution >= 0.6 is 0 Å². The first-order chi connectivity index (χ1) is 11.5. The third kappa shape index (κ3) is 32.8. The van der Waals surface area contributed by atoms with Crippen LogP contribution in [0.15, 0.2) is 85.2 Å². The summed E-state index contributed by atoms with van der Waals surface area (Å²) in [6.07, 6.45) is 13.0. The molecule has 3 rings (SSSR count). The second kappa shape index (κ2) is 37.9. The molecule has 1 aliphatic carbocycles. The van der Waals surface area contributed by atoms with E-state index in [4.69, 9.17) is 0 Å². The van der Waals surface area contributed by atoms with Gasteiger partial charge in [0.2, 0.25) is 0 Å². The molecular formula is C22H34NY-. The van der Waals surface area contributed by atoms with Crippen molar-refractivity contribution >= 4 is 0 Å². The summed E-state index contributed by atoms with van der Waals surface area (Å²) in [6.45, 7) is 12.0. The fourth-order valence-corrected chi connectivity index (χ4v) is 1.05. The average molecular weight is 401 g/mol. The molecule has 0 saturated heterocycles. The van der Waals surface area contributed by atoms with E-state index >= 15 is 0 Å². The van der Waals surface area contributed by atoms with Crippen molar-refractivity contribution in [1.82, 2.24) is 4.98 Å². The Bertz CT molecular complexity index is 316. The first-order valence-electron chi connectivity index (χ1n) is 8.58. The quantitative estimate of drug-likeness (QED) is 0.427. The second-order valence-electron chi connectivity index (χ2n) is 3.19. The maximum atomic E-state index is 3.78. The molecule has 0 aliphatic heterocycles. The predicted molar refractivity (Wildman–Crippen MR) is 106 cm³/mol. The first kappa shape index (κ1) is 30.8. The summed E-state index contributed by atoms with van der Waals surface area (Å²) in [6, 6.07) is 18.2. The Kier molecular flexibility index (Phi) is 48.6. The Morgan fingerprint density at radius 3 is 1.17 bits per heavy atom. The van der Waals surface area contributed by atoms with Crippen LogP contribution in [0.3, 0.4) is 0 Å². The van der Waals surface area contributed by atoms with Gasteiger partial charge in [-0.3, -0.25) is 4.98 Å². The third-order valence-electron chi connectivity index (χ3n) is 1.83. The van der Waals surface area contributed by atoms with E-state index in [1.54, 1.807) is 12.4 Å². The van der Waals surface area contributed by atoms with Crippen LogP contribution in [-0.4, -0.2) is 4.98 Å². The molecule has 0 saturated carbocycles. The zero-order valence-corrected chi connectivity index (χ0v) is 19.2. The van der Waals surface area contributed by atoms with Gasteiger partial charge >= 0.3 is 0 Å². The van der Waals surface area contributed by atoms with Gasteiger partial charge in [-0.05, 0) is 18.6 Å². The van der Waals surface area contributed by atoms with Crippen molar-refractivity contribution in [2.45, 2.75) is 48.0 Å². The summed E-state index contributed by atoms with van der Waals surface area (Å²) >= 11 is 0. The number of nitrogens with zero attached hydrogens (tertiary/aromatic N) is 1. The van der Waals surface area contributed by atoms with Gasteiger partial charge in [0.25, 0.3) is 0 Å². The maximum Gasteiger partial charge on any atom is 0.0267 e. The molecule has 1 aromatic carbocycles. The Morgan fingerprint density at radius 1 is 0.625 bits per heavy atom. The predicted octanol–water partition coefficient (Wildman–Crippen LogP) is 7.15. The van der Waals surface area contributed by atoms with E-state index in [1.165, 1.54) is 0 Å². The molecule has 1 nitrogen and oxygen atoms in total. The van der Waals surface area contributed by atoms with Gasteiger partial charge in [-0.2, -0.15) is 36.4 Å². The van der Waals surface area contributed by atoms with Crippen LogP contribution in [0.1, 0.15) is 48.0 Å². The van der Waals surface area contributed by atoms with Gasteiger partial charge in [0.1, 0.15) is 0 Å². The summed E-state index contributed by atoms with van der Waals surface area (Å²) in [7, 11) is 0. The summed E-state index contributed by atoms with van der Waals surface area (Å²) < 4.78 is 0. The van der Waals surface area contributed by atoms with Gasteiger partial charge in [-0.25, -0.2) is 0 Å². The van der Waals surface area contributed by atoms with E-state index in [-0.39, 0.29) is 32.7 Å². The third-order valence-corrected chi connectivity index (χ3v) is 1.83. The van der Waals surface area contributed by atoms with Crippen LogP contribution in [-0.2, 0) is 32.7 Å². The fourth-order valence-electron chi connectivity index (χ4n) is 1.05. The molecule has 0 spiro atoms. The summed E-state index contributed by atoms with van der Waals surface area (Å²) in [5.41, 5.74) is 0. The van der Waals surface area contributed by atoms with Crippen molar-refractivity contribution in [2.24, 2.45) is 0 Å². The van der Waals surface area contributed by atoms with Crippen LogP contribution < -0.4 is 0 Å². The molecule has 1 radical (unpaired) electrons. The fraction of sp³-hybridized carbons (Fsp3) is 0.318. The van der Waals surface area contributed by atoms with E-state index in [0.29, 0.717) is 0 Å². The maximum absolute atomic E-state index is 3.78. The molecule has 1 aromatic heterocycles. The van der Waals surface area contributed by atoms with Crippen molar-refractivity contribution in [2.75, 3.05) is 0 Å². The Morgan fingerprint density at radius 2 is 1.04 bits per heavy atom. The zero-order chi connectivity index (χ0) is 18.0. The zero-order valence-electron chi connectivity index (χ0n) is 16.3. The summed E-state index contributed by atoms with van der Waals surface area (Å²) in [5.74, 6) is 0. The van der Waals surface area contributed by atoms with E-state index in [1.807, 2.05) is 90.1 Å². The first-order valence-corrected chi connectivity index (χ1v) is 8.58. The van der Waals surface area contributed by atoms with Gasteiger partial charge in [0.15, 0.2) is 0 Å². The number of hydrogen-bond acceptors (Lipinski definition) is 1. The largest absolute Gasteiger partial charge is 0.265 e. The van der Waals surface area contributed by atoms with E-state index in [0.717, 1.165) is 6.42 Å². The molecule has 2 aromatic rings. The number of pyridine rings is 1. The topological polar surface area (TPSA) is 12.9 Å². The minimum atomic E-state index is 0. The molecule has 0 N–H and O–H groups in total. The van der Waals surface area contributed by atoms with E-state index < -0.39 is 0 Å². The second-order valence-corrected chi connectivity index (χ2v) is 3.19. The number of aromatic nitrogens is 1. The SMILES string of the molecule is C1=CCC=C1.CC.CC.CC.[Y].[c-]1ccccc1.c1ccncc1. The van der Waals surface area contributed by atoms with Crippen LogP contribution in [0.5, 0.6) is 0 Å². The number of rotatable bonds is 0. The van der Waals surface area contributed by atoms with Gasteiger partial charge in [0.05, 0.1) is 0 Å². The van der Waals surface area contributed by atoms with Crippen molar-refractivity contribution in [3.63, 3.8) is 0 Å². The molecule has 1 aliphatic rings. The normalized spacial score (nSPS) is 8.42. The average Bonchev–Trinajstić information content (AvgIpc) is 3.30. The van der Waals surface area contributed by atoms with Gasteiger partial charge in [-0.15, -0.1) is 0 Å². The molecular weight excluding hydrogens is 367 g/mol. The van der Waals surface area contributed by atoms with Crippen LogP contribution in [0.25, 0.3) is 0 Å². The molecule has 131 valence electrons. The Labute approximate surface area is 176 Å². The van der Waals surface area contributed by atoms with Crippen LogP contribution in [0, 0.1) is 6.07 Å². The molecule has 0 atom stereocenters. The minimum absolute atomic E-state index is 0. The molecule has 0 unspecified atom stereocenters. The van der Waals surface area contributed by atoms with Crippen molar-refractivity contribution in [1.29, 1.82) is 0 Å².